The monoisotopic (exact) mass is 260 g/mol. The molecular weight excluding hydrogens is 236 g/mol. The van der Waals surface area contributed by atoms with Gasteiger partial charge in [0.25, 0.3) is 0 Å². The van der Waals surface area contributed by atoms with Gasteiger partial charge in [-0.05, 0) is 25.3 Å². The Labute approximate surface area is 115 Å². The zero-order valence-corrected chi connectivity index (χ0v) is 12.0. The van der Waals surface area contributed by atoms with Crippen LogP contribution in [-0.2, 0) is 0 Å². The predicted molar refractivity (Wildman–Crippen MR) is 77.2 cm³/mol. The van der Waals surface area contributed by atoms with E-state index in [2.05, 4.69) is 33.6 Å². The summed E-state index contributed by atoms with van der Waals surface area (Å²) < 4.78 is 0. The van der Waals surface area contributed by atoms with E-state index in [-0.39, 0.29) is 0 Å². The van der Waals surface area contributed by atoms with Crippen molar-refractivity contribution in [2.24, 2.45) is 5.92 Å². The Morgan fingerprint density at radius 3 is 2.68 bits per heavy atom. The average Bonchev–Trinajstić information content (AvgIpc) is 2.46. The Morgan fingerprint density at radius 2 is 1.95 bits per heavy atom. The van der Waals surface area contributed by atoms with Gasteiger partial charge in [-0.1, -0.05) is 20.3 Å². The summed E-state index contributed by atoms with van der Waals surface area (Å²) in [6.07, 6.45) is 9.63. The van der Waals surface area contributed by atoms with Gasteiger partial charge in [0, 0.05) is 25.2 Å². The molecule has 1 aromatic rings. The van der Waals surface area contributed by atoms with Crippen molar-refractivity contribution in [3.63, 3.8) is 0 Å². The third-order valence-corrected chi connectivity index (χ3v) is 4.63. The number of aromatic nitrogens is 2. The molecule has 0 bridgehead atoms. The van der Waals surface area contributed by atoms with Crippen molar-refractivity contribution < 1.29 is 0 Å². The molecule has 104 valence electrons. The third kappa shape index (κ3) is 2.59. The van der Waals surface area contributed by atoms with Crippen LogP contribution >= 0.6 is 0 Å². The lowest BCUT2D eigenvalue weighted by atomic mass is 9.92. The standard InChI is InChI=1S/C15H24N4/c1-12(2)15-10-18-6-4-3-5-13(18)9-19(15)14-7-16-11-17-8-14/h7-8,11-13,15H,3-6,9-10H2,1-2H3. The second-order valence-electron chi connectivity index (χ2n) is 6.20. The first-order valence-electron chi connectivity index (χ1n) is 7.51. The number of piperidine rings is 1. The minimum Gasteiger partial charge on any atom is -0.363 e. The molecule has 0 N–H and O–H groups in total. The fourth-order valence-corrected chi connectivity index (χ4v) is 3.52. The number of anilines is 1. The molecule has 0 aromatic carbocycles. The van der Waals surface area contributed by atoms with Crippen LogP contribution in [-0.4, -0.2) is 46.6 Å². The van der Waals surface area contributed by atoms with Crippen molar-refractivity contribution in [2.45, 2.75) is 45.2 Å². The second kappa shape index (κ2) is 5.45. The highest BCUT2D eigenvalue weighted by molar-refractivity contribution is 5.44. The molecule has 2 aliphatic heterocycles. The van der Waals surface area contributed by atoms with E-state index in [1.807, 2.05) is 12.4 Å². The molecule has 0 spiro atoms. The highest BCUT2D eigenvalue weighted by Gasteiger charge is 2.36. The van der Waals surface area contributed by atoms with Crippen molar-refractivity contribution in [1.29, 1.82) is 0 Å². The van der Waals surface area contributed by atoms with E-state index in [4.69, 9.17) is 0 Å². The lowest BCUT2D eigenvalue weighted by Gasteiger charge is -2.50. The van der Waals surface area contributed by atoms with Gasteiger partial charge in [-0.3, -0.25) is 4.90 Å². The van der Waals surface area contributed by atoms with Gasteiger partial charge in [0.05, 0.1) is 18.1 Å². The maximum absolute atomic E-state index is 4.19. The fraction of sp³-hybridized carbons (Fsp3) is 0.733. The second-order valence-corrected chi connectivity index (χ2v) is 6.20. The minimum absolute atomic E-state index is 0.584. The number of hydrogen-bond donors (Lipinski definition) is 0. The maximum Gasteiger partial charge on any atom is 0.115 e. The SMILES string of the molecule is CC(C)C1CN2CCCCC2CN1c1cncnc1. The van der Waals surface area contributed by atoms with Crippen LogP contribution in [0.4, 0.5) is 5.69 Å². The van der Waals surface area contributed by atoms with E-state index < -0.39 is 0 Å². The van der Waals surface area contributed by atoms with Crippen LogP contribution < -0.4 is 4.90 Å². The van der Waals surface area contributed by atoms with Crippen LogP contribution in [0.15, 0.2) is 18.7 Å². The van der Waals surface area contributed by atoms with Crippen LogP contribution in [0, 0.1) is 5.92 Å². The van der Waals surface area contributed by atoms with Gasteiger partial charge < -0.3 is 4.90 Å². The van der Waals surface area contributed by atoms with Crippen molar-refractivity contribution in [1.82, 2.24) is 14.9 Å². The highest BCUT2D eigenvalue weighted by Crippen LogP contribution is 2.30. The summed E-state index contributed by atoms with van der Waals surface area (Å²) >= 11 is 0. The summed E-state index contributed by atoms with van der Waals surface area (Å²) in [5.74, 6) is 0.656. The first kappa shape index (κ1) is 12.9. The van der Waals surface area contributed by atoms with Gasteiger partial charge in [0.2, 0.25) is 0 Å². The molecule has 1 aromatic heterocycles. The Bertz CT molecular complexity index is 406. The molecule has 0 radical (unpaired) electrons. The van der Waals surface area contributed by atoms with Crippen LogP contribution in [0.3, 0.4) is 0 Å². The third-order valence-electron chi connectivity index (χ3n) is 4.63. The van der Waals surface area contributed by atoms with Gasteiger partial charge in [-0.2, -0.15) is 0 Å². The largest absolute Gasteiger partial charge is 0.363 e. The molecule has 2 fully saturated rings. The van der Waals surface area contributed by atoms with E-state index in [1.165, 1.54) is 38.0 Å². The molecule has 2 saturated heterocycles. The van der Waals surface area contributed by atoms with Gasteiger partial charge >= 0.3 is 0 Å². The van der Waals surface area contributed by atoms with E-state index in [1.54, 1.807) is 6.33 Å². The van der Waals surface area contributed by atoms with Crippen LogP contribution in [0.25, 0.3) is 0 Å². The molecule has 2 aliphatic rings. The molecule has 3 heterocycles. The first-order valence-corrected chi connectivity index (χ1v) is 7.51. The summed E-state index contributed by atoms with van der Waals surface area (Å²) in [6, 6.07) is 1.31. The van der Waals surface area contributed by atoms with Gasteiger partial charge in [0.1, 0.15) is 6.33 Å². The quantitative estimate of drug-likeness (QED) is 0.816. The van der Waals surface area contributed by atoms with Crippen molar-refractivity contribution in [3.8, 4) is 0 Å². The Kier molecular flexibility index (Phi) is 3.69. The zero-order valence-electron chi connectivity index (χ0n) is 12.0. The molecule has 0 aliphatic carbocycles. The van der Waals surface area contributed by atoms with Crippen molar-refractivity contribution in [3.05, 3.63) is 18.7 Å². The number of nitrogens with zero attached hydrogens (tertiary/aromatic N) is 4. The topological polar surface area (TPSA) is 32.3 Å². The molecular formula is C15H24N4. The van der Waals surface area contributed by atoms with Gasteiger partial charge in [-0.25, -0.2) is 9.97 Å². The van der Waals surface area contributed by atoms with Crippen LogP contribution in [0.2, 0.25) is 0 Å². The molecule has 0 amide bonds. The summed E-state index contributed by atoms with van der Waals surface area (Å²) in [7, 11) is 0. The van der Waals surface area contributed by atoms with E-state index in [0.29, 0.717) is 12.0 Å². The van der Waals surface area contributed by atoms with Gasteiger partial charge in [0.15, 0.2) is 0 Å². The minimum atomic E-state index is 0.584. The fourth-order valence-electron chi connectivity index (χ4n) is 3.52. The van der Waals surface area contributed by atoms with E-state index >= 15 is 0 Å². The molecule has 4 heteroatoms. The smallest absolute Gasteiger partial charge is 0.115 e. The Balaban J connectivity index is 1.83. The van der Waals surface area contributed by atoms with Crippen LogP contribution in [0.1, 0.15) is 33.1 Å². The van der Waals surface area contributed by atoms with Crippen molar-refractivity contribution >= 4 is 5.69 Å². The van der Waals surface area contributed by atoms with E-state index in [9.17, 15) is 0 Å². The summed E-state index contributed by atoms with van der Waals surface area (Å²) in [4.78, 5) is 13.6. The predicted octanol–water partition coefficient (Wildman–Crippen LogP) is 2.18. The molecule has 0 saturated carbocycles. The Hall–Kier alpha value is -1.16. The zero-order chi connectivity index (χ0) is 13.2. The molecule has 4 nitrogen and oxygen atoms in total. The molecule has 3 rings (SSSR count). The number of rotatable bonds is 2. The molecule has 2 unspecified atom stereocenters. The summed E-state index contributed by atoms with van der Waals surface area (Å²) in [5.41, 5.74) is 1.19. The maximum atomic E-state index is 4.19. The Morgan fingerprint density at radius 1 is 1.16 bits per heavy atom. The number of hydrogen-bond acceptors (Lipinski definition) is 4. The molecule has 2 atom stereocenters. The lowest BCUT2D eigenvalue weighted by Crippen LogP contribution is -2.61. The summed E-state index contributed by atoms with van der Waals surface area (Å²) in [6.45, 7) is 8.26. The highest BCUT2D eigenvalue weighted by atomic mass is 15.3. The lowest BCUT2D eigenvalue weighted by molar-refractivity contribution is 0.100. The summed E-state index contributed by atoms with van der Waals surface area (Å²) in [5, 5.41) is 0. The molecule has 19 heavy (non-hydrogen) atoms. The first-order chi connectivity index (χ1) is 9.25. The van der Waals surface area contributed by atoms with E-state index in [0.717, 1.165) is 12.6 Å². The van der Waals surface area contributed by atoms with Crippen LogP contribution in [0.5, 0.6) is 0 Å². The number of fused-ring (bicyclic) bond motifs is 1. The van der Waals surface area contributed by atoms with Crippen molar-refractivity contribution in [2.75, 3.05) is 24.5 Å². The van der Waals surface area contributed by atoms with Gasteiger partial charge in [-0.15, -0.1) is 0 Å². The average molecular weight is 260 g/mol. The number of piperazine rings is 1. The normalized spacial score (nSPS) is 28.5.